The Hall–Kier alpha value is -2.84. The molecule has 37 heavy (non-hydrogen) atoms. The van der Waals surface area contributed by atoms with Crippen LogP contribution in [-0.2, 0) is 4.79 Å². The number of aliphatic carboxylic acids is 1. The molecule has 2 aromatic rings. The molecule has 1 aromatic heterocycles. The fourth-order valence-corrected chi connectivity index (χ4v) is 7.89. The Bertz CT molecular complexity index is 1150. The summed E-state index contributed by atoms with van der Waals surface area (Å²) in [6.45, 7) is 5.95. The standard InChI is InChI=1S/C19H22N2O.C10H15NO4/c1-2-13-12-21-10-8-14(13)11-18(21)19(22)16-7-9-20-17-6-4-3-5-15(16)17;12-9(13)5-10(6-11(14)15)4-7-2-1-3-8(7)10/h2-7,9,13-14,18-19,22H,1,8,10-12H2;7-8H,1-6H2,(H,12,13)/t13-,14?,18?,19-;7-,8-,10-/m11/s1. The molecular weight excluding hydrogens is 470 g/mol. The third-order valence-electron chi connectivity index (χ3n) is 9.58. The van der Waals surface area contributed by atoms with Crippen molar-refractivity contribution in [1.29, 1.82) is 0 Å². The molecule has 8 nitrogen and oxygen atoms in total. The summed E-state index contributed by atoms with van der Waals surface area (Å²) in [4.78, 5) is 27.9. The van der Waals surface area contributed by atoms with Gasteiger partial charge in [-0.15, -0.1) is 6.58 Å². The zero-order chi connectivity index (χ0) is 26.2. The Labute approximate surface area is 217 Å². The summed E-state index contributed by atoms with van der Waals surface area (Å²) in [5.74, 6) is 1.21. The number of carboxylic acids is 1. The summed E-state index contributed by atoms with van der Waals surface area (Å²) in [5, 5.41) is 31.5. The molecule has 0 radical (unpaired) electrons. The molecule has 8 heteroatoms. The molecule has 3 unspecified atom stereocenters. The van der Waals surface area contributed by atoms with Crippen LogP contribution in [-0.4, -0.2) is 56.7 Å². The number of pyridine rings is 1. The normalized spacial score (nSPS) is 34.5. The molecule has 0 spiro atoms. The maximum absolute atomic E-state index is 11.0. The van der Waals surface area contributed by atoms with Crippen molar-refractivity contribution < 1.29 is 19.9 Å². The number of aromatic nitrogens is 1. The number of carboxylic acid groups (broad SMARTS) is 1. The lowest BCUT2D eigenvalue weighted by Crippen LogP contribution is -2.54. The van der Waals surface area contributed by atoms with Crippen molar-refractivity contribution in [2.75, 3.05) is 19.6 Å². The summed E-state index contributed by atoms with van der Waals surface area (Å²) >= 11 is 0. The maximum atomic E-state index is 11.0. The van der Waals surface area contributed by atoms with E-state index in [0.29, 0.717) is 23.7 Å². The molecule has 3 aliphatic heterocycles. The van der Waals surface area contributed by atoms with E-state index in [0.717, 1.165) is 61.7 Å². The van der Waals surface area contributed by atoms with Crippen LogP contribution in [0.4, 0.5) is 0 Å². The molecule has 7 rings (SSSR count). The lowest BCUT2D eigenvalue weighted by molar-refractivity contribution is -0.506. The average molecular weight is 508 g/mol. The zero-order valence-corrected chi connectivity index (χ0v) is 21.2. The van der Waals surface area contributed by atoms with E-state index in [1.165, 1.54) is 6.42 Å². The van der Waals surface area contributed by atoms with Gasteiger partial charge in [-0.3, -0.25) is 24.8 Å². The Morgan fingerprint density at radius 3 is 2.76 bits per heavy atom. The Kier molecular flexibility index (Phi) is 7.32. The molecule has 198 valence electrons. The minimum Gasteiger partial charge on any atom is -0.481 e. The van der Waals surface area contributed by atoms with Gasteiger partial charge in [-0.05, 0) is 73.6 Å². The van der Waals surface area contributed by atoms with Crippen LogP contribution in [0.15, 0.2) is 49.2 Å². The number of hydrogen-bond donors (Lipinski definition) is 2. The first-order chi connectivity index (χ1) is 17.8. The predicted molar refractivity (Wildman–Crippen MR) is 140 cm³/mol. The lowest BCUT2D eigenvalue weighted by Gasteiger charge is -2.50. The molecule has 4 heterocycles. The highest BCUT2D eigenvalue weighted by atomic mass is 16.6. The van der Waals surface area contributed by atoms with Crippen molar-refractivity contribution in [3.05, 3.63) is 64.9 Å². The summed E-state index contributed by atoms with van der Waals surface area (Å²) in [6, 6.07) is 10.3. The number of nitrogens with zero attached hydrogens (tertiary/aromatic N) is 3. The molecule has 2 saturated carbocycles. The molecule has 2 aliphatic carbocycles. The number of nitro groups is 1. The van der Waals surface area contributed by atoms with Crippen LogP contribution in [0.3, 0.4) is 0 Å². The number of rotatable bonds is 7. The maximum Gasteiger partial charge on any atom is 0.304 e. The van der Waals surface area contributed by atoms with Crippen LogP contribution in [0.25, 0.3) is 10.9 Å². The van der Waals surface area contributed by atoms with E-state index in [1.807, 2.05) is 30.5 Å². The van der Waals surface area contributed by atoms with Crippen LogP contribution in [0, 0.1) is 39.2 Å². The first kappa shape index (κ1) is 25.8. The molecule has 2 N–H and O–H groups in total. The van der Waals surface area contributed by atoms with Crippen molar-refractivity contribution in [3.8, 4) is 0 Å². The van der Waals surface area contributed by atoms with Gasteiger partial charge in [0.1, 0.15) is 0 Å². The second kappa shape index (κ2) is 10.5. The number of fused-ring (bicyclic) bond motifs is 5. The molecule has 5 aliphatic rings. The molecule has 8 atom stereocenters. The van der Waals surface area contributed by atoms with E-state index in [2.05, 4.69) is 28.6 Å². The smallest absolute Gasteiger partial charge is 0.304 e. The fraction of sp³-hybridized carbons (Fsp3) is 0.586. The van der Waals surface area contributed by atoms with Gasteiger partial charge in [-0.2, -0.15) is 0 Å². The van der Waals surface area contributed by atoms with Crippen molar-refractivity contribution in [2.24, 2.45) is 29.1 Å². The first-order valence-corrected chi connectivity index (χ1v) is 13.5. The third kappa shape index (κ3) is 5.01. The number of benzene rings is 1. The highest BCUT2D eigenvalue weighted by Gasteiger charge is 2.59. The second-order valence-electron chi connectivity index (χ2n) is 11.5. The van der Waals surface area contributed by atoms with Crippen molar-refractivity contribution in [3.63, 3.8) is 0 Å². The molecule has 5 fully saturated rings. The highest BCUT2D eigenvalue weighted by molar-refractivity contribution is 5.82. The van der Waals surface area contributed by atoms with Crippen molar-refractivity contribution in [2.45, 2.75) is 57.1 Å². The van der Waals surface area contributed by atoms with Crippen LogP contribution in [0.1, 0.15) is 56.6 Å². The lowest BCUT2D eigenvalue weighted by atomic mass is 9.53. The molecule has 2 bridgehead atoms. The number of aliphatic hydroxyl groups excluding tert-OH is 1. The van der Waals surface area contributed by atoms with E-state index < -0.39 is 17.5 Å². The number of carbonyl (C=O) groups is 1. The monoisotopic (exact) mass is 507 g/mol. The Morgan fingerprint density at radius 2 is 2.08 bits per heavy atom. The minimum atomic E-state index is -0.901. The zero-order valence-electron chi connectivity index (χ0n) is 21.2. The molecular formula is C29H37N3O5. The summed E-state index contributed by atoms with van der Waals surface area (Å²) in [6.07, 6.45) is 9.68. The van der Waals surface area contributed by atoms with Gasteiger partial charge >= 0.3 is 5.97 Å². The Morgan fingerprint density at radius 1 is 1.27 bits per heavy atom. The number of para-hydroxylation sites is 1. The van der Waals surface area contributed by atoms with E-state index in [1.54, 1.807) is 0 Å². The van der Waals surface area contributed by atoms with Crippen molar-refractivity contribution in [1.82, 2.24) is 9.88 Å². The van der Waals surface area contributed by atoms with Gasteiger partial charge in [0.15, 0.2) is 0 Å². The summed E-state index contributed by atoms with van der Waals surface area (Å²) < 4.78 is 0. The predicted octanol–water partition coefficient (Wildman–Crippen LogP) is 4.71. The molecule has 0 amide bonds. The largest absolute Gasteiger partial charge is 0.481 e. The Balaban J connectivity index is 0.000000164. The van der Waals surface area contributed by atoms with Gasteiger partial charge in [0.2, 0.25) is 6.54 Å². The van der Waals surface area contributed by atoms with Gasteiger partial charge in [-0.1, -0.05) is 37.1 Å². The molecule has 1 aromatic carbocycles. The number of hydrogen-bond acceptors (Lipinski definition) is 6. The quantitative estimate of drug-likeness (QED) is 0.317. The van der Waals surface area contributed by atoms with Crippen LogP contribution >= 0.6 is 0 Å². The second-order valence-corrected chi connectivity index (χ2v) is 11.5. The topological polar surface area (TPSA) is 117 Å². The SMILES string of the molecule is C=C[C@@H]1CN2CCC1CC2[C@H](O)c1ccnc2ccccc12.O=C(O)C[C@@]1(C[N+](=O)[O-])C[C@H]2CCC[C@H]21. The number of piperidine rings is 3. The van der Waals surface area contributed by atoms with Gasteiger partial charge < -0.3 is 10.2 Å². The van der Waals surface area contributed by atoms with E-state index in [-0.39, 0.29) is 23.9 Å². The summed E-state index contributed by atoms with van der Waals surface area (Å²) in [5.41, 5.74) is 1.44. The van der Waals surface area contributed by atoms with Crippen molar-refractivity contribution >= 4 is 16.9 Å². The van der Waals surface area contributed by atoms with E-state index >= 15 is 0 Å². The van der Waals surface area contributed by atoms with E-state index in [4.69, 9.17) is 5.11 Å². The van der Waals surface area contributed by atoms with Crippen LogP contribution in [0.2, 0.25) is 0 Å². The fourth-order valence-electron chi connectivity index (χ4n) is 7.89. The minimum absolute atomic E-state index is 0.0326. The highest BCUT2D eigenvalue weighted by Crippen LogP contribution is 2.60. The van der Waals surface area contributed by atoms with Gasteiger partial charge in [0, 0.05) is 34.5 Å². The third-order valence-corrected chi connectivity index (χ3v) is 9.58. The van der Waals surface area contributed by atoms with E-state index in [9.17, 15) is 20.0 Å². The summed E-state index contributed by atoms with van der Waals surface area (Å²) in [7, 11) is 0. The number of aliphatic hydroxyl groups is 1. The molecule has 3 saturated heterocycles. The van der Waals surface area contributed by atoms with Crippen LogP contribution < -0.4 is 0 Å². The van der Waals surface area contributed by atoms with Crippen LogP contribution in [0.5, 0.6) is 0 Å². The van der Waals surface area contributed by atoms with Gasteiger partial charge in [-0.25, -0.2) is 0 Å². The average Bonchev–Trinajstić information content (AvgIpc) is 3.30. The van der Waals surface area contributed by atoms with Gasteiger partial charge in [0.25, 0.3) is 0 Å². The van der Waals surface area contributed by atoms with Gasteiger partial charge in [0.05, 0.1) is 18.0 Å². The first-order valence-electron chi connectivity index (χ1n) is 13.5.